The molecule has 2 rings (SSSR count). The second-order valence-corrected chi connectivity index (χ2v) is 5.84. The van der Waals surface area contributed by atoms with Crippen LogP contribution in [0.4, 0.5) is 5.82 Å². The first-order valence-corrected chi connectivity index (χ1v) is 7.56. The molecule has 2 unspecified atom stereocenters. The number of aryl methyl sites for hydroxylation is 1. The molecule has 1 aliphatic carbocycles. The Hall–Kier alpha value is -0.610. The fourth-order valence-electron chi connectivity index (χ4n) is 2.97. The van der Waals surface area contributed by atoms with Crippen molar-refractivity contribution >= 4 is 21.7 Å². The molecule has 0 spiro atoms. The molecule has 0 bridgehead atoms. The average molecular weight is 312 g/mol. The SMILES string of the molecule is CCN(c1nccc(C)c1Br)C1CCCC1CN. The normalized spacial score (nSPS) is 23.3. The molecule has 0 aliphatic heterocycles. The van der Waals surface area contributed by atoms with Crippen LogP contribution in [0.2, 0.25) is 0 Å². The van der Waals surface area contributed by atoms with Crippen LogP contribution in [0.5, 0.6) is 0 Å². The van der Waals surface area contributed by atoms with Gasteiger partial charge in [-0.3, -0.25) is 0 Å². The zero-order valence-electron chi connectivity index (χ0n) is 11.2. The van der Waals surface area contributed by atoms with Crippen LogP contribution in [0.3, 0.4) is 0 Å². The highest BCUT2D eigenvalue weighted by Gasteiger charge is 2.32. The third-order valence-electron chi connectivity index (χ3n) is 4.00. The number of hydrogen-bond acceptors (Lipinski definition) is 3. The first kappa shape index (κ1) is 13.8. The van der Waals surface area contributed by atoms with Gasteiger partial charge in [-0.05, 0) is 66.7 Å². The summed E-state index contributed by atoms with van der Waals surface area (Å²) in [6, 6.07) is 2.59. The van der Waals surface area contributed by atoms with E-state index in [4.69, 9.17) is 5.73 Å². The lowest BCUT2D eigenvalue weighted by atomic mass is 10.0. The minimum atomic E-state index is 0.547. The third-order valence-corrected chi connectivity index (χ3v) is 4.98. The van der Waals surface area contributed by atoms with Gasteiger partial charge >= 0.3 is 0 Å². The van der Waals surface area contributed by atoms with Crippen molar-refractivity contribution in [1.29, 1.82) is 0 Å². The van der Waals surface area contributed by atoms with E-state index in [-0.39, 0.29) is 0 Å². The molecule has 1 saturated carbocycles. The van der Waals surface area contributed by atoms with Gasteiger partial charge in [-0.15, -0.1) is 0 Å². The van der Waals surface area contributed by atoms with Gasteiger partial charge in [0.25, 0.3) is 0 Å². The first-order chi connectivity index (χ1) is 8.69. The predicted molar refractivity (Wildman–Crippen MR) is 79.9 cm³/mol. The monoisotopic (exact) mass is 311 g/mol. The Balaban J connectivity index is 2.30. The zero-order chi connectivity index (χ0) is 13.1. The summed E-state index contributed by atoms with van der Waals surface area (Å²) >= 11 is 3.68. The summed E-state index contributed by atoms with van der Waals surface area (Å²) in [5.41, 5.74) is 7.14. The van der Waals surface area contributed by atoms with Crippen LogP contribution in [-0.4, -0.2) is 24.1 Å². The van der Waals surface area contributed by atoms with Crippen LogP contribution in [0.1, 0.15) is 31.7 Å². The largest absolute Gasteiger partial charge is 0.353 e. The van der Waals surface area contributed by atoms with E-state index in [0.29, 0.717) is 12.0 Å². The highest BCUT2D eigenvalue weighted by Crippen LogP contribution is 2.35. The maximum Gasteiger partial charge on any atom is 0.143 e. The molecule has 4 heteroatoms. The summed E-state index contributed by atoms with van der Waals surface area (Å²) in [6.45, 7) is 6.07. The van der Waals surface area contributed by atoms with Crippen LogP contribution in [-0.2, 0) is 0 Å². The summed E-state index contributed by atoms with van der Waals surface area (Å²) < 4.78 is 1.12. The Morgan fingerprint density at radius 1 is 1.50 bits per heavy atom. The molecular formula is C14H22BrN3. The van der Waals surface area contributed by atoms with Gasteiger partial charge in [-0.1, -0.05) is 6.42 Å². The van der Waals surface area contributed by atoms with E-state index in [9.17, 15) is 0 Å². The van der Waals surface area contributed by atoms with Crippen molar-refractivity contribution < 1.29 is 0 Å². The number of anilines is 1. The van der Waals surface area contributed by atoms with Crippen LogP contribution in [0, 0.1) is 12.8 Å². The Morgan fingerprint density at radius 3 is 2.94 bits per heavy atom. The summed E-state index contributed by atoms with van der Waals surface area (Å²) in [4.78, 5) is 6.98. The predicted octanol–water partition coefficient (Wildman–Crippen LogP) is 3.11. The fraction of sp³-hybridized carbons (Fsp3) is 0.643. The Kier molecular flexibility index (Phi) is 4.62. The van der Waals surface area contributed by atoms with Gasteiger partial charge in [0.05, 0.1) is 4.47 Å². The van der Waals surface area contributed by atoms with Crippen molar-refractivity contribution in [3.8, 4) is 0 Å². The molecule has 1 aliphatic rings. The molecule has 0 aromatic carbocycles. The van der Waals surface area contributed by atoms with Crippen molar-refractivity contribution in [3.05, 3.63) is 22.3 Å². The molecule has 18 heavy (non-hydrogen) atoms. The van der Waals surface area contributed by atoms with Crippen LogP contribution in [0.25, 0.3) is 0 Å². The van der Waals surface area contributed by atoms with Crippen LogP contribution >= 0.6 is 15.9 Å². The van der Waals surface area contributed by atoms with E-state index in [1.54, 1.807) is 0 Å². The lowest BCUT2D eigenvalue weighted by Crippen LogP contribution is -2.41. The van der Waals surface area contributed by atoms with Crippen LogP contribution in [0.15, 0.2) is 16.7 Å². The first-order valence-electron chi connectivity index (χ1n) is 6.76. The highest BCUT2D eigenvalue weighted by molar-refractivity contribution is 9.10. The smallest absolute Gasteiger partial charge is 0.143 e. The molecule has 0 amide bonds. The van der Waals surface area contributed by atoms with E-state index >= 15 is 0 Å². The van der Waals surface area contributed by atoms with E-state index in [2.05, 4.69) is 39.7 Å². The minimum absolute atomic E-state index is 0.547. The Bertz CT molecular complexity index is 408. The number of rotatable bonds is 4. The van der Waals surface area contributed by atoms with Gasteiger partial charge in [0, 0.05) is 18.8 Å². The number of aromatic nitrogens is 1. The van der Waals surface area contributed by atoms with Crippen LogP contribution < -0.4 is 10.6 Å². The Morgan fingerprint density at radius 2 is 2.28 bits per heavy atom. The van der Waals surface area contributed by atoms with E-state index in [1.165, 1.54) is 24.8 Å². The molecule has 2 atom stereocenters. The molecule has 1 fully saturated rings. The maximum absolute atomic E-state index is 5.90. The van der Waals surface area contributed by atoms with Gasteiger partial charge < -0.3 is 10.6 Å². The van der Waals surface area contributed by atoms with Crippen molar-refractivity contribution in [2.75, 3.05) is 18.0 Å². The molecule has 1 heterocycles. The molecule has 0 saturated heterocycles. The summed E-state index contributed by atoms with van der Waals surface area (Å²) in [5, 5.41) is 0. The van der Waals surface area contributed by atoms with Gasteiger partial charge in [0.1, 0.15) is 5.82 Å². The van der Waals surface area contributed by atoms with Gasteiger partial charge in [-0.2, -0.15) is 0 Å². The van der Waals surface area contributed by atoms with E-state index in [1.807, 2.05) is 12.3 Å². The number of nitrogens with zero attached hydrogens (tertiary/aromatic N) is 2. The number of halogens is 1. The van der Waals surface area contributed by atoms with E-state index in [0.717, 1.165) is 23.4 Å². The molecule has 0 radical (unpaired) electrons. The van der Waals surface area contributed by atoms with Gasteiger partial charge in [0.15, 0.2) is 0 Å². The standard InChI is InChI=1S/C14H22BrN3/c1-3-18(12-6-4-5-11(12)9-16)14-13(15)10(2)7-8-17-14/h7-8,11-12H,3-6,9,16H2,1-2H3. The van der Waals surface area contributed by atoms with Crippen molar-refractivity contribution in [1.82, 2.24) is 4.98 Å². The lowest BCUT2D eigenvalue weighted by molar-refractivity contribution is 0.459. The topological polar surface area (TPSA) is 42.2 Å². The number of hydrogen-bond donors (Lipinski definition) is 1. The number of nitrogens with two attached hydrogens (primary N) is 1. The lowest BCUT2D eigenvalue weighted by Gasteiger charge is -2.33. The summed E-state index contributed by atoms with van der Waals surface area (Å²) in [7, 11) is 0. The fourth-order valence-corrected chi connectivity index (χ4v) is 3.43. The zero-order valence-corrected chi connectivity index (χ0v) is 12.8. The highest BCUT2D eigenvalue weighted by atomic mass is 79.9. The third kappa shape index (κ3) is 2.54. The van der Waals surface area contributed by atoms with Crippen molar-refractivity contribution in [2.24, 2.45) is 11.7 Å². The van der Waals surface area contributed by atoms with E-state index < -0.39 is 0 Å². The summed E-state index contributed by atoms with van der Waals surface area (Å²) in [5.74, 6) is 1.68. The molecule has 1 aromatic rings. The van der Waals surface area contributed by atoms with Gasteiger partial charge in [0.2, 0.25) is 0 Å². The average Bonchev–Trinajstić information content (AvgIpc) is 2.83. The Labute approximate surface area is 118 Å². The molecule has 100 valence electrons. The molecule has 3 nitrogen and oxygen atoms in total. The second-order valence-electron chi connectivity index (χ2n) is 5.05. The second kappa shape index (κ2) is 6.02. The van der Waals surface area contributed by atoms with Crippen molar-refractivity contribution in [2.45, 2.75) is 39.2 Å². The quantitative estimate of drug-likeness (QED) is 0.929. The van der Waals surface area contributed by atoms with Gasteiger partial charge in [-0.25, -0.2) is 4.98 Å². The minimum Gasteiger partial charge on any atom is -0.353 e. The molecular weight excluding hydrogens is 290 g/mol. The van der Waals surface area contributed by atoms with Crippen molar-refractivity contribution in [3.63, 3.8) is 0 Å². The molecule has 1 aromatic heterocycles. The summed E-state index contributed by atoms with van der Waals surface area (Å²) in [6.07, 6.45) is 5.66. The maximum atomic E-state index is 5.90. The molecule has 2 N–H and O–H groups in total. The number of pyridine rings is 1.